The molecule has 0 aliphatic carbocycles. The van der Waals surface area contributed by atoms with Crippen molar-refractivity contribution in [3.63, 3.8) is 0 Å². The van der Waals surface area contributed by atoms with Crippen LogP contribution in [0.5, 0.6) is 0 Å². The molecule has 0 atom stereocenters. The monoisotopic (exact) mass is 469 g/mol. The summed E-state index contributed by atoms with van der Waals surface area (Å²) >= 11 is 0. The molecule has 0 amide bonds. The summed E-state index contributed by atoms with van der Waals surface area (Å²) in [5.74, 6) is -2.60. The van der Waals surface area contributed by atoms with Crippen molar-refractivity contribution in [3.05, 3.63) is 12.2 Å². The maximum Gasteiger partial charge on any atom is 0.303 e. The molecule has 0 rings (SSSR count). The highest BCUT2D eigenvalue weighted by molar-refractivity contribution is 5.66. The average molecular weight is 470 g/mol. The third kappa shape index (κ3) is 20.4. The van der Waals surface area contributed by atoms with Crippen LogP contribution < -0.4 is 5.11 Å². The molecule has 0 bridgehead atoms. The van der Waals surface area contributed by atoms with Gasteiger partial charge >= 0.3 is 11.9 Å². The second-order valence-electron chi connectivity index (χ2n) is 9.23. The molecule has 0 saturated heterocycles. The van der Waals surface area contributed by atoms with Crippen LogP contribution >= 0.6 is 0 Å². The predicted octanol–water partition coefficient (Wildman–Crippen LogP) is 4.54. The van der Waals surface area contributed by atoms with Crippen LogP contribution in [0.3, 0.4) is 0 Å². The summed E-state index contributed by atoms with van der Waals surface area (Å²) < 4.78 is 0.816. The first-order valence-corrected chi connectivity index (χ1v) is 12.9. The molecule has 0 aromatic heterocycles. The zero-order chi connectivity index (χ0) is 24.8. The van der Waals surface area contributed by atoms with E-state index in [4.69, 9.17) is 10.2 Å². The third-order valence-electron chi connectivity index (χ3n) is 6.20. The highest BCUT2D eigenvalue weighted by Gasteiger charge is 2.26. The minimum Gasteiger partial charge on any atom is -0.550 e. The number of rotatable bonds is 24. The fourth-order valence-corrected chi connectivity index (χ4v) is 4.30. The standard InChI is InChI=1S/C26H47NO6/c1-2-3-4-5-6-7-8-9-13-20-27(21-14-10-17-24(28)29,22-15-11-18-25(30)31)23-16-12-19-26(32)33/h7-8H,2-6,9-23H2,1H3,(H2-,28,29,30,31,32,33)/b8-7+. The Kier molecular flexibility index (Phi) is 19.5. The van der Waals surface area contributed by atoms with Gasteiger partial charge in [-0.05, 0) is 64.2 Å². The fourth-order valence-electron chi connectivity index (χ4n) is 4.30. The summed E-state index contributed by atoms with van der Waals surface area (Å²) in [4.78, 5) is 32.6. The van der Waals surface area contributed by atoms with Crippen LogP contribution in [-0.2, 0) is 14.4 Å². The summed E-state index contributed by atoms with van der Waals surface area (Å²) in [5.41, 5.74) is 0. The van der Waals surface area contributed by atoms with E-state index >= 15 is 0 Å². The zero-order valence-corrected chi connectivity index (χ0v) is 20.8. The summed E-state index contributed by atoms with van der Waals surface area (Å²) in [6, 6.07) is 0. The SMILES string of the molecule is CCCCCC/C=C/CCC[N+](CCCCC(=O)[O-])(CCCCC(=O)O)CCCCC(=O)O. The van der Waals surface area contributed by atoms with E-state index in [0.717, 1.165) is 69.2 Å². The largest absolute Gasteiger partial charge is 0.550 e. The Balaban J connectivity index is 4.88. The Morgan fingerprint density at radius 1 is 0.636 bits per heavy atom. The van der Waals surface area contributed by atoms with Gasteiger partial charge in [-0.2, -0.15) is 0 Å². The van der Waals surface area contributed by atoms with Crippen molar-refractivity contribution >= 4 is 17.9 Å². The fraction of sp³-hybridized carbons (Fsp3) is 0.808. The molecule has 7 nitrogen and oxygen atoms in total. The van der Waals surface area contributed by atoms with Gasteiger partial charge in [0.1, 0.15) is 0 Å². The van der Waals surface area contributed by atoms with Gasteiger partial charge in [-0.1, -0.05) is 38.3 Å². The number of hydrogen-bond acceptors (Lipinski definition) is 4. The summed E-state index contributed by atoms with van der Waals surface area (Å²) in [6.07, 6.45) is 17.3. The summed E-state index contributed by atoms with van der Waals surface area (Å²) in [5, 5.41) is 28.7. The Morgan fingerprint density at radius 3 is 1.55 bits per heavy atom. The van der Waals surface area contributed by atoms with Crippen LogP contribution in [-0.4, -0.2) is 58.8 Å². The van der Waals surface area contributed by atoms with E-state index < -0.39 is 17.9 Å². The first-order chi connectivity index (χ1) is 15.8. The lowest BCUT2D eigenvalue weighted by Gasteiger charge is -2.39. The second kappa shape index (κ2) is 20.7. The molecule has 0 unspecified atom stereocenters. The summed E-state index contributed by atoms with van der Waals surface area (Å²) in [7, 11) is 0. The van der Waals surface area contributed by atoms with Crippen molar-refractivity contribution in [1.29, 1.82) is 0 Å². The number of carbonyl (C=O) groups is 3. The van der Waals surface area contributed by atoms with E-state index in [0.29, 0.717) is 19.3 Å². The highest BCUT2D eigenvalue weighted by Crippen LogP contribution is 2.18. The molecule has 192 valence electrons. The van der Waals surface area contributed by atoms with Crippen molar-refractivity contribution in [2.24, 2.45) is 0 Å². The molecule has 7 heteroatoms. The highest BCUT2D eigenvalue weighted by atomic mass is 16.4. The van der Waals surface area contributed by atoms with Crippen LogP contribution in [0.2, 0.25) is 0 Å². The number of allylic oxidation sites excluding steroid dienone is 2. The molecule has 0 spiro atoms. The first kappa shape index (κ1) is 31.1. The van der Waals surface area contributed by atoms with E-state index in [-0.39, 0.29) is 19.3 Å². The predicted molar refractivity (Wildman–Crippen MR) is 129 cm³/mol. The number of hydrogen-bond donors (Lipinski definition) is 2. The zero-order valence-electron chi connectivity index (χ0n) is 20.8. The van der Waals surface area contributed by atoms with Gasteiger partial charge in [0, 0.05) is 25.2 Å². The molecule has 0 fully saturated rings. The number of carboxylic acids is 3. The number of nitrogens with zero attached hydrogens (tertiary/aromatic N) is 1. The van der Waals surface area contributed by atoms with Crippen molar-refractivity contribution < 1.29 is 34.2 Å². The van der Waals surface area contributed by atoms with Crippen LogP contribution in [0.25, 0.3) is 0 Å². The van der Waals surface area contributed by atoms with Gasteiger partial charge in [0.05, 0.1) is 26.2 Å². The molecule has 0 aromatic rings. The number of aliphatic carboxylic acids is 3. The maximum absolute atomic E-state index is 10.9. The van der Waals surface area contributed by atoms with Crippen molar-refractivity contribution in [2.75, 3.05) is 26.2 Å². The van der Waals surface area contributed by atoms with Gasteiger partial charge in [-0.15, -0.1) is 0 Å². The second-order valence-corrected chi connectivity index (χ2v) is 9.23. The quantitative estimate of drug-likeness (QED) is 0.122. The summed E-state index contributed by atoms with van der Waals surface area (Å²) in [6.45, 7) is 5.71. The van der Waals surface area contributed by atoms with Gasteiger partial charge in [0.15, 0.2) is 0 Å². The lowest BCUT2D eigenvalue weighted by Crippen LogP contribution is -2.51. The van der Waals surface area contributed by atoms with E-state index in [1.54, 1.807) is 0 Å². The minimum absolute atomic E-state index is 0.0544. The molecule has 0 radical (unpaired) electrons. The van der Waals surface area contributed by atoms with E-state index in [2.05, 4.69) is 19.1 Å². The molecule has 0 saturated carbocycles. The van der Waals surface area contributed by atoms with Crippen molar-refractivity contribution in [3.8, 4) is 0 Å². The molecule has 0 aromatic carbocycles. The first-order valence-electron chi connectivity index (χ1n) is 12.9. The average Bonchev–Trinajstić information content (AvgIpc) is 2.75. The smallest absolute Gasteiger partial charge is 0.303 e. The van der Waals surface area contributed by atoms with Gasteiger partial charge in [0.2, 0.25) is 0 Å². The van der Waals surface area contributed by atoms with E-state index in [1.165, 1.54) is 25.7 Å². The Bertz CT molecular complexity index is 506. The topological polar surface area (TPSA) is 115 Å². The molecule has 33 heavy (non-hydrogen) atoms. The molecular weight excluding hydrogens is 422 g/mol. The molecule has 0 heterocycles. The Labute approximate surface area is 200 Å². The number of carbonyl (C=O) groups excluding carboxylic acids is 1. The molecule has 2 N–H and O–H groups in total. The Hall–Kier alpha value is -1.89. The number of unbranched alkanes of at least 4 members (excludes halogenated alkanes) is 8. The molecule has 0 aliphatic heterocycles. The van der Waals surface area contributed by atoms with E-state index in [1.807, 2.05) is 0 Å². The molecule has 0 aliphatic rings. The van der Waals surface area contributed by atoms with Gasteiger partial charge in [-0.3, -0.25) is 9.59 Å². The molecular formula is C26H47NO6. The lowest BCUT2D eigenvalue weighted by molar-refractivity contribution is -0.929. The third-order valence-corrected chi connectivity index (χ3v) is 6.20. The van der Waals surface area contributed by atoms with Gasteiger partial charge in [-0.25, -0.2) is 0 Å². The van der Waals surface area contributed by atoms with Crippen LogP contribution in [0.1, 0.15) is 110 Å². The number of quaternary nitrogens is 1. The maximum atomic E-state index is 10.9. The van der Waals surface area contributed by atoms with Crippen LogP contribution in [0, 0.1) is 0 Å². The lowest BCUT2D eigenvalue weighted by atomic mass is 10.1. The van der Waals surface area contributed by atoms with Crippen LogP contribution in [0.15, 0.2) is 12.2 Å². The van der Waals surface area contributed by atoms with Gasteiger partial charge < -0.3 is 24.6 Å². The normalized spacial score (nSPS) is 11.8. The minimum atomic E-state index is -1.03. The number of carboxylic acid groups (broad SMARTS) is 3. The van der Waals surface area contributed by atoms with Gasteiger partial charge in [0.25, 0.3) is 0 Å². The Morgan fingerprint density at radius 2 is 1.09 bits per heavy atom. The van der Waals surface area contributed by atoms with Crippen LogP contribution in [0.4, 0.5) is 0 Å². The van der Waals surface area contributed by atoms with Crippen molar-refractivity contribution in [1.82, 2.24) is 0 Å². The van der Waals surface area contributed by atoms with Crippen molar-refractivity contribution in [2.45, 2.75) is 110 Å². The van der Waals surface area contributed by atoms with E-state index in [9.17, 15) is 19.5 Å².